The fraction of sp³-hybridized carbons (Fsp3) is 0.500. The molecule has 0 fully saturated rings. The van der Waals surface area contributed by atoms with Crippen LogP contribution >= 0.6 is 0 Å². The number of aldehydes is 1. The standard InChI is InChI=1S/C8H11NO2/c1-8(2,3-4-10)7-5-9-6-11-7/h4-6H,3H2,1-2H3. The van der Waals surface area contributed by atoms with Crippen molar-refractivity contribution in [3.63, 3.8) is 0 Å². The lowest BCUT2D eigenvalue weighted by molar-refractivity contribution is -0.108. The van der Waals surface area contributed by atoms with Crippen LogP contribution in [0.4, 0.5) is 0 Å². The number of hydrogen-bond acceptors (Lipinski definition) is 3. The van der Waals surface area contributed by atoms with Crippen molar-refractivity contribution >= 4 is 6.29 Å². The van der Waals surface area contributed by atoms with E-state index in [-0.39, 0.29) is 5.41 Å². The zero-order valence-electron chi connectivity index (χ0n) is 6.70. The highest BCUT2D eigenvalue weighted by atomic mass is 16.3. The molecule has 0 saturated heterocycles. The van der Waals surface area contributed by atoms with Gasteiger partial charge in [0.05, 0.1) is 6.20 Å². The summed E-state index contributed by atoms with van der Waals surface area (Å²) in [6.07, 6.45) is 4.37. The Bertz CT molecular complexity index is 226. The van der Waals surface area contributed by atoms with Gasteiger partial charge in [-0.2, -0.15) is 0 Å². The largest absolute Gasteiger partial charge is 0.448 e. The van der Waals surface area contributed by atoms with Gasteiger partial charge in [-0.05, 0) is 0 Å². The maximum atomic E-state index is 10.3. The van der Waals surface area contributed by atoms with E-state index in [0.29, 0.717) is 6.42 Å². The molecular formula is C8H11NO2. The lowest BCUT2D eigenvalue weighted by atomic mass is 9.88. The van der Waals surface area contributed by atoms with Crippen LogP contribution in [-0.4, -0.2) is 11.3 Å². The molecule has 0 atom stereocenters. The minimum atomic E-state index is -0.224. The molecule has 60 valence electrons. The minimum absolute atomic E-state index is 0.224. The second-order valence-corrected chi connectivity index (χ2v) is 3.12. The van der Waals surface area contributed by atoms with E-state index < -0.39 is 0 Å². The van der Waals surface area contributed by atoms with Crippen LogP contribution in [0.2, 0.25) is 0 Å². The Labute approximate surface area is 65.4 Å². The molecule has 0 spiro atoms. The predicted molar refractivity (Wildman–Crippen MR) is 40.2 cm³/mol. The number of rotatable bonds is 3. The summed E-state index contributed by atoms with van der Waals surface area (Å²) < 4.78 is 5.08. The molecule has 0 amide bonds. The smallest absolute Gasteiger partial charge is 0.180 e. The van der Waals surface area contributed by atoms with Crippen LogP contribution in [0.3, 0.4) is 0 Å². The molecule has 0 aliphatic heterocycles. The fourth-order valence-corrected chi connectivity index (χ4v) is 0.859. The first-order chi connectivity index (χ1) is 5.17. The lowest BCUT2D eigenvalue weighted by Crippen LogP contribution is -2.16. The van der Waals surface area contributed by atoms with Gasteiger partial charge >= 0.3 is 0 Å². The second kappa shape index (κ2) is 2.86. The molecule has 0 unspecified atom stereocenters. The Morgan fingerprint density at radius 2 is 2.45 bits per heavy atom. The fourth-order valence-electron chi connectivity index (χ4n) is 0.859. The first kappa shape index (κ1) is 7.98. The summed E-state index contributed by atoms with van der Waals surface area (Å²) in [6.45, 7) is 3.89. The van der Waals surface area contributed by atoms with Gasteiger partial charge in [0, 0.05) is 11.8 Å². The van der Waals surface area contributed by atoms with Gasteiger partial charge in [-0.25, -0.2) is 4.98 Å². The van der Waals surface area contributed by atoms with Crippen LogP contribution in [-0.2, 0) is 10.2 Å². The third-order valence-electron chi connectivity index (χ3n) is 1.69. The van der Waals surface area contributed by atoms with Gasteiger partial charge in [0.25, 0.3) is 0 Å². The van der Waals surface area contributed by atoms with Crippen molar-refractivity contribution in [3.8, 4) is 0 Å². The van der Waals surface area contributed by atoms with Crippen molar-refractivity contribution in [2.24, 2.45) is 0 Å². The van der Waals surface area contributed by atoms with Crippen molar-refractivity contribution in [2.75, 3.05) is 0 Å². The van der Waals surface area contributed by atoms with Gasteiger partial charge in [-0.3, -0.25) is 0 Å². The van der Waals surface area contributed by atoms with Crippen LogP contribution in [0.1, 0.15) is 26.0 Å². The van der Waals surface area contributed by atoms with Crippen molar-refractivity contribution < 1.29 is 9.21 Å². The highest BCUT2D eigenvalue weighted by Gasteiger charge is 2.23. The summed E-state index contributed by atoms with van der Waals surface area (Å²) in [6, 6.07) is 0. The summed E-state index contributed by atoms with van der Waals surface area (Å²) in [5.41, 5.74) is -0.224. The molecule has 1 heterocycles. The number of nitrogens with zero attached hydrogens (tertiary/aromatic N) is 1. The highest BCUT2D eigenvalue weighted by molar-refractivity contribution is 5.52. The van der Waals surface area contributed by atoms with Crippen LogP contribution in [0.15, 0.2) is 17.0 Å². The number of carbonyl (C=O) groups is 1. The van der Waals surface area contributed by atoms with E-state index in [1.807, 2.05) is 13.8 Å². The summed E-state index contributed by atoms with van der Waals surface area (Å²) >= 11 is 0. The number of hydrogen-bond donors (Lipinski definition) is 0. The molecule has 0 saturated carbocycles. The number of aromatic nitrogens is 1. The predicted octanol–water partition coefficient (Wildman–Crippen LogP) is 1.54. The lowest BCUT2D eigenvalue weighted by Gasteiger charge is -2.17. The Morgan fingerprint density at radius 1 is 1.73 bits per heavy atom. The van der Waals surface area contributed by atoms with E-state index in [1.165, 1.54) is 6.39 Å². The van der Waals surface area contributed by atoms with Gasteiger partial charge in [0.2, 0.25) is 0 Å². The zero-order valence-corrected chi connectivity index (χ0v) is 6.70. The number of oxazole rings is 1. The Balaban J connectivity index is 2.81. The van der Waals surface area contributed by atoms with E-state index in [0.717, 1.165) is 12.0 Å². The average molecular weight is 153 g/mol. The van der Waals surface area contributed by atoms with Crippen LogP contribution in [0.5, 0.6) is 0 Å². The van der Waals surface area contributed by atoms with Crippen molar-refractivity contribution in [1.82, 2.24) is 4.98 Å². The number of carbonyl (C=O) groups excluding carboxylic acids is 1. The normalized spacial score (nSPS) is 11.5. The van der Waals surface area contributed by atoms with Gasteiger partial charge in [0.15, 0.2) is 6.39 Å². The summed E-state index contributed by atoms with van der Waals surface area (Å²) in [7, 11) is 0. The molecule has 3 nitrogen and oxygen atoms in total. The molecular weight excluding hydrogens is 142 g/mol. The quantitative estimate of drug-likeness (QED) is 0.618. The summed E-state index contributed by atoms with van der Waals surface area (Å²) in [5, 5.41) is 0. The van der Waals surface area contributed by atoms with Gasteiger partial charge in [-0.1, -0.05) is 13.8 Å². The van der Waals surface area contributed by atoms with E-state index in [9.17, 15) is 4.79 Å². The van der Waals surface area contributed by atoms with Crippen molar-refractivity contribution in [2.45, 2.75) is 25.7 Å². The van der Waals surface area contributed by atoms with E-state index >= 15 is 0 Å². The molecule has 0 aliphatic carbocycles. The maximum absolute atomic E-state index is 10.3. The molecule has 3 heteroatoms. The van der Waals surface area contributed by atoms with Gasteiger partial charge in [0.1, 0.15) is 12.0 Å². The van der Waals surface area contributed by atoms with Gasteiger partial charge < -0.3 is 9.21 Å². The molecule has 1 aromatic rings. The molecule has 0 aliphatic rings. The molecule has 0 bridgehead atoms. The molecule has 1 aromatic heterocycles. The van der Waals surface area contributed by atoms with Crippen molar-refractivity contribution in [1.29, 1.82) is 0 Å². The minimum Gasteiger partial charge on any atom is -0.448 e. The Morgan fingerprint density at radius 3 is 2.91 bits per heavy atom. The molecule has 0 N–H and O–H groups in total. The SMILES string of the molecule is CC(C)(CC=O)c1cnco1. The third kappa shape index (κ3) is 1.67. The van der Waals surface area contributed by atoms with Crippen LogP contribution in [0.25, 0.3) is 0 Å². The summed E-state index contributed by atoms with van der Waals surface area (Å²) in [5.74, 6) is 0.754. The van der Waals surface area contributed by atoms with Crippen molar-refractivity contribution in [3.05, 3.63) is 18.4 Å². The zero-order chi connectivity index (χ0) is 8.32. The van der Waals surface area contributed by atoms with Gasteiger partial charge in [-0.15, -0.1) is 0 Å². The first-order valence-electron chi connectivity index (χ1n) is 3.49. The molecule has 1 rings (SSSR count). The topological polar surface area (TPSA) is 43.1 Å². The second-order valence-electron chi connectivity index (χ2n) is 3.12. The Kier molecular flexibility index (Phi) is 2.08. The third-order valence-corrected chi connectivity index (χ3v) is 1.69. The average Bonchev–Trinajstić information content (AvgIpc) is 2.37. The maximum Gasteiger partial charge on any atom is 0.180 e. The van der Waals surface area contributed by atoms with E-state index in [2.05, 4.69) is 4.98 Å². The van der Waals surface area contributed by atoms with E-state index in [4.69, 9.17) is 4.42 Å². The Hall–Kier alpha value is -1.12. The van der Waals surface area contributed by atoms with Crippen LogP contribution in [0, 0.1) is 0 Å². The first-order valence-corrected chi connectivity index (χ1v) is 3.49. The molecule has 0 radical (unpaired) electrons. The van der Waals surface area contributed by atoms with E-state index in [1.54, 1.807) is 6.20 Å². The monoisotopic (exact) mass is 153 g/mol. The molecule has 0 aromatic carbocycles. The summed E-state index contributed by atoms with van der Waals surface area (Å²) in [4.78, 5) is 14.0. The van der Waals surface area contributed by atoms with Crippen LogP contribution < -0.4 is 0 Å². The highest BCUT2D eigenvalue weighted by Crippen LogP contribution is 2.24. The molecule has 11 heavy (non-hydrogen) atoms.